The van der Waals surface area contributed by atoms with Gasteiger partial charge in [-0.05, 0) is 19.4 Å². The molecule has 2 rings (SSSR count). The maximum atomic E-state index is 11.2. The van der Waals surface area contributed by atoms with Crippen LogP contribution in [0.1, 0.15) is 28.4 Å². The molecule has 0 fully saturated rings. The molecule has 2 aromatic rings. The number of benzene rings is 1. The molecule has 6 nitrogen and oxygen atoms in total. The Labute approximate surface area is 109 Å². The van der Waals surface area contributed by atoms with Crippen LogP contribution in [0.5, 0.6) is 0 Å². The van der Waals surface area contributed by atoms with Crippen molar-refractivity contribution in [2.45, 2.75) is 20.4 Å². The molecule has 1 aromatic heterocycles. The topological polar surface area (TPSA) is 78.0 Å². The van der Waals surface area contributed by atoms with Crippen molar-refractivity contribution in [2.75, 3.05) is 0 Å². The minimum atomic E-state index is -0.400. The van der Waals surface area contributed by atoms with E-state index in [-0.39, 0.29) is 11.5 Å². The first kappa shape index (κ1) is 12.9. The van der Waals surface area contributed by atoms with Crippen molar-refractivity contribution in [1.82, 2.24) is 9.78 Å². The molecule has 0 radical (unpaired) electrons. The van der Waals surface area contributed by atoms with Gasteiger partial charge in [0.15, 0.2) is 5.78 Å². The van der Waals surface area contributed by atoms with Crippen LogP contribution in [0.15, 0.2) is 30.6 Å². The van der Waals surface area contributed by atoms with Crippen LogP contribution in [0.3, 0.4) is 0 Å². The van der Waals surface area contributed by atoms with E-state index in [9.17, 15) is 14.9 Å². The van der Waals surface area contributed by atoms with Crippen LogP contribution >= 0.6 is 0 Å². The molecule has 0 aliphatic rings. The van der Waals surface area contributed by atoms with Crippen LogP contribution in [0.4, 0.5) is 5.69 Å². The van der Waals surface area contributed by atoms with E-state index in [2.05, 4.69) is 5.10 Å². The van der Waals surface area contributed by atoms with Crippen molar-refractivity contribution in [3.63, 3.8) is 0 Å². The summed E-state index contributed by atoms with van der Waals surface area (Å²) in [7, 11) is 0. The second kappa shape index (κ2) is 5.01. The fourth-order valence-corrected chi connectivity index (χ4v) is 1.85. The van der Waals surface area contributed by atoms with Gasteiger partial charge in [0, 0.05) is 17.8 Å². The number of nitro benzene ring substituents is 1. The van der Waals surface area contributed by atoms with E-state index in [0.717, 1.165) is 5.56 Å². The summed E-state index contributed by atoms with van der Waals surface area (Å²) in [6, 6.07) is 4.94. The number of carbonyl (C=O) groups is 1. The molecule has 1 heterocycles. The maximum absolute atomic E-state index is 11.2. The number of nitrogens with zero attached hydrogens (tertiary/aromatic N) is 3. The van der Waals surface area contributed by atoms with Crippen LogP contribution in [0, 0.1) is 17.0 Å². The largest absolute Gasteiger partial charge is 0.294 e. The predicted molar refractivity (Wildman–Crippen MR) is 69.2 cm³/mol. The van der Waals surface area contributed by atoms with Crippen LogP contribution in [0.2, 0.25) is 0 Å². The highest BCUT2D eigenvalue weighted by molar-refractivity contribution is 5.93. The Morgan fingerprint density at radius 2 is 2.21 bits per heavy atom. The summed E-state index contributed by atoms with van der Waals surface area (Å²) < 4.78 is 1.60. The van der Waals surface area contributed by atoms with Crippen LogP contribution < -0.4 is 0 Å². The molecule has 98 valence electrons. The highest BCUT2D eigenvalue weighted by Crippen LogP contribution is 2.21. The minimum Gasteiger partial charge on any atom is -0.294 e. The Hall–Kier alpha value is -2.50. The molecule has 1 aromatic carbocycles. The van der Waals surface area contributed by atoms with Crippen molar-refractivity contribution in [2.24, 2.45) is 0 Å². The molecule has 0 atom stereocenters. The van der Waals surface area contributed by atoms with Gasteiger partial charge in [0.2, 0.25) is 0 Å². The van der Waals surface area contributed by atoms with E-state index >= 15 is 0 Å². The molecule has 0 unspecified atom stereocenters. The normalized spacial score (nSPS) is 10.4. The van der Waals surface area contributed by atoms with E-state index in [0.29, 0.717) is 17.7 Å². The van der Waals surface area contributed by atoms with Crippen LogP contribution in [-0.2, 0) is 6.54 Å². The van der Waals surface area contributed by atoms with Gasteiger partial charge in [-0.25, -0.2) is 0 Å². The first-order valence-corrected chi connectivity index (χ1v) is 5.75. The lowest BCUT2D eigenvalue weighted by Crippen LogP contribution is -2.04. The van der Waals surface area contributed by atoms with Gasteiger partial charge in [0.1, 0.15) is 0 Å². The van der Waals surface area contributed by atoms with Gasteiger partial charge in [-0.15, -0.1) is 0 Å². The summed E-state index contributed by atoms with van der Waals surface area (Å²) >= 11 is 0. The summed E-state index contributed by atoms with van der Waals surface area (Å²) in [5.41, 5.74) is 2.05. The third-order valence-corrected chi connectivity index (χ3v) is 2.99. The van der Waals surface area contributed by atoms with Gasteiger partial charge in [0.05, 0.1) is 23.2 Å². The predicted octanol–water partition coefficient (Wildman–Crippen LogP) is 2.35. The van der Waals surface area contributed by atoms with Gasteiger partial charge in [-0.3, -0.25) is 19.6 Å². The van der Waals surface area contributed by atoms with Crippen molar-refractivity contribution in [1.29, 1.82) is 0 Å². The second-order valence-electron chi connectivity index (χ2n) is 4.30. The number of Topliss-reactive ketones (excluding diaryl/α,β-unsaturated/α-hetero) is 1. The zero-order valence-corrected chi connectivity index (χ0v) is 10.7. The zero-order chi connectivity index (χ0) is 14.0. The monoisotopic (exact) mass is 259 g/mol. The molecular formula is C13H13N3O3. The summed E-state index contributed by atoms with van der Waals surface area (Å²) in [5, 5.41) is 14.9. The minimum absolute atomic E-state index is 0.0537. The first-order valence-electron chi connectivity index (χ1n) is 5.75. The molecule has 0 aliphatic carbocycles. The Balaban J connectivity index is 2.30. The Kier molecular flexibility index (Phi) is 3.41. The fourth-order valence-electron chi connectivity index (χ4n) is 1.85. The van der Waals surface area contributed by atoms with Gasteiger partial charge >= 0.3 is 0 Å². The lowest BCUT2D eigenvalue weighted by molar-refractivity contribution is -0.385. The molecule has 0 saturated heterocycles. The Morgan fingerprint density at radius 3 is 2.79 bits per heavy atom. The third-order valence-electron chi connectivity index (χ3n) is 2.99. The van der Waals surface area contributed by atoms with Gasteiger partial charge in [-0.1, -0.05) is 12.1 Å². The standard InChI is InChI=1S/C13H13N3O3/c1-9-11(4-3-5-13(9)16(18)19)7-15-8-12(6-14-15)10(2)17/h3-6,8H,7H2,1-2H3. The van der Waals surface area contributed by atoms with Crippen molar-refractivity contribution < 1.29 is 9.72 Å². The molecule has 0 spiro atoms. The highest BCUT2D eigenvalue weighted by Gasteiger charge is 2.13. The van der Waals surface area contributed by atoms with Crippen molar-refractivity contribution in [3.8, 4) is 0 Å². The molecule has 19 heavy (non-hydrogen) atoms. The third kappa shape index (κ3) is 2.67. The lowest BCUT2D eigenvalue weighted by atomic mass is 10.1. The average molecular weight is 259 g/mol. The van der Waals surface area contributed by atoms with Gasteiger partial charge < -0.3 is 0 Å². The number of hydrogen-bond acceptors (Lipinski definition) is 4. The van der Waals surface area contributed by atoms with Crippen molar-refractivity contribution in [3.05, 3.63) is 57.4 Å². The van der Waals surface area contributed by atoms with E-state index < -0.39 is 4.92 Å². The summed E-state index contributed by atoms with van der Waals surface area (Å²) in [5.74, 6) is -0.0537. The van der Waals surface area contributed by atoms with Crippen LogP contribution in [0.25, 0.3) is 0 Å². The molecule has 0 bridgehead atoms. The molecule has 0 aliphatic heterocycles. The average Bonchev–Trinajstić information content (AvgIpc) is 2.80. The van der Waals surface area contributed by atoms with Gasteiger partial charge in [0.25, 0.3) is 5.69 Å². The highest BCUT2D eigenvalue weighted by atomic mass is 16.6. The number of rotatable bonds is 4. The van der Waals surface area contributed by atoms with Crippen molar-refractivity contribution >= 4 is 11.5 Å². The molecule has 0 N–H and O–H groups in total. The fraction of sp³-hybridized carbons (Fsp3) is 0.231. The quantitative estimate of drug-likeness (QED) is 0.479. The molecule has 0 amide bonds. The smallest absolute Gasteiger partial charge is 0.272 e. The lowest BCUT2D eigenvalue weighted by Gasteiger charge is -2.06. The van der Waals surface area contributed by atoms with E-state index in [4.69, 9.17) is 0 Å². The number of nitro groups is 1. The summed E-state index contributed by atoms with van der Waals surface area (Å²) in [6.07, 6.45) is 3.13. The zero-order valence-electron chi connectivity index (χ0n) is 10.7. The first-order chi connectivity index (χ1) is 8.99. The second-order valence-corrected chi connectivity index (χ2v) is 4.30. The molecule has 6 heteroatoms. The van der Waals surface area contributed by atoms with E-state index in [1.807, 2.05) is 6.07 Å². The number of ketones is 1. The summed E-state index contributed by atoms with van der Waals surface area (Å²) in [6.45, 7) is 3.59. The number of aromatic nitrogens is 2. The number of carbonyl (C=O) groups excluding carboxylic acids is 1. The van der Waals surface area contributed by atoms with E-state index in [1.54, 1.807) is 23.9 Å². The number of hydrogen-bond donors (Lipinski definition) is 0. The molecular weight excluding hydrogens is 246 g/mol. The SMILES string of the molecule is CC(=O)c1cnn(Cc2cccc([N+](=O)[O-])c2C)c1. The maximum Gasteiger partial charge on any atom is 0.272 e. The summed E-state index contributed by atoms with van der Waals surface area (Å²) in [4.78, 5) is 21.6. The van der Waals surface area contributed by atoms with E-state index in [1.165, 1.54) is 19.2 Å². The Morgan fingerprint density at radius 1 is 1.47 bits per heavy atom. The Bertz CT molecular complexity index is 646. The molecule has 0 saturated carbocycles. The van der Waals surface area contributed by atoms with Gasteiger partial charge in [-0.2, -0.15) is 5.10 Å². The van der Waals surface area contributed by atoms with Crippen LogP contribution in [-0.4, -0.2) is 20.5 Å².